The Hall–Kier alpha value is -2.74. The minimum absolute atomic E-state index is 0.140. The number of nitrogens with zero attached hydrogens (tertiary/aromatic N) is 4. The Balaban J connectivity index is 1.48. The maximum Gasteiger partial charge on any atom is 0.270 e. The Morgan fingerprint density at radius 3 is 3.08 bits per heavy atom. The predicted molar refractivity (Wildman–Crippen MR) is 91.1 cm³/mol. The van der Waals surface area contributed by atoms with Gasteiger partial charge >= 0.3 is 0 Å². The summed E-state index contributed by atoms with van der Waals surface area (Å²) in [6.07, 6.45) is 4.02. The first-order chi connectivity index (χ1) is 11.6. The van der Waals surface area contributed by atoms with Gasteiger partial charge in [0.2, 0.25) is 0 Å². The highest BCUT2D eigenvalue weighted by Gasteiger charge is 2.35. The summed E-state index contributed by atoms with van der Waals surface area (Å²) in [6.45, 7) is 0.540. The minimum Gasteiger partial charge on any atom is -0.339 e. The average Bonchev–Trinajstić information content (AvgIpc) is 3.28. The van der Waals surface area contributed by atoms with Gasteiger partial charge in [-0.3, -0.25) is 24.2 Å². The molecule has 1 aliphatic heterocycles. The number of amides is 2. The van der Waals surface area contributed by atoms with Crippen LogP contribution in [0, 0.1) is 0 Å². The Bertz CT molecular complexity index is 931. The van der Waals surface area contributed by atoms with E-state index in [1.165, 1.54) is 0 Å². The number of carbonyl (C=O) groups is 2. The lowest BCUT2D eigenvalue weighted by Crippen LogP contribution is -2.41. The molecule has 4 rings (SSSR count). The minimum atomic E-state index is -0.541. The van der Waals surface area contributed by atoms with Gasteiger partial charge in [0.1, 0.15) is 11.7 Å². The summed E-state index contributed by atoms with van der Waals surface area (Å²) in [5, 5.41) is 9.99. The molecular weight excluding hydrogens is 326 g/mol. The third-order valence-corrected chi connectivity index (χ3v) is 4.94. The number of thiophene rings is 1. The number of hydrogen-bond donors (Lipinski definition) is 1. The van der Waals surface area contributed by atoms with E-state index in [-0.39, 0.29) is 11.8 Å². The van der Waals surface area contributed by atoms with Crippen LogP contribution in [0.3, 0.4) is 0 Å². The number of rotatable bonds is 3. The van der Waals surface area contributed by atoms with E-state index >= 15 is 0 Å². The molecule has 3 aromatic rings. The van der Waals surface area contributed by atoms with Crippen molar-refractivity contribution in [1.29, 1.82) is 0 Å². The molecule has 2 amide bonds. The van der Waals surface area contributed by atoms with Crippen LogP contribution >= 0.6 is 11.3 Å². The van der Waals surface area contributed by atoms with Gasteiger partial charge in [0.05, 0.1) is 0 Å². The van der Waals surface area contributed by atoms with Gasteiger partial charge in [-0.05, 0) is 23.9 Å². The Kier molecular flexibility index (Phi) is 3.53. The highest BCUT2D eigenvalue weighted by atomic mass is 32.1. The molecule has 0 bridgehead atoms. The lowest BCUT2D eigenvalue weighted by atomic mass is 10.2. The van der Waals surface area contributed by atoms with Gasteiger partial charge < -0.3 is 5.32 Å². The molecule has 0 radical (unpaired) electrons. The van der Waals surface area contributed by atoms with Crippen molar-refractivity contribution in [3.63, 3.8) is 0 Å². The number of nitrogens with one attached hydrogen (secondary N) is 1. The van der Waals surface area contributed by atoms with Gasteiger partial charge in [-0.1, -0.05) is 0 Å². The molecular formula is C16H15N5O2S. The fourth-order valence-corrected chi connectivity index (χ4v) is 3.60. The molecule has 0 spiro atoms. The first kappa shape index (κ1) is 14.8. The Morgan fingerprint density at radius 1 is 1.42 bits per heavy atom. The lowest BCUT2D eigenvalue weighted by molar-refractivity contribution is -0.118. The van der Waals surface area contributed by atoms with Crippen LogP contribution in [0.5, 0.6) is 0 Å². The van der Waals surface area contributed by atoms with E-state index in [9.17, 15) is 9.59 Å². The number of fused-ring (bicyclic) bond motifs is 1. The van der Waals surface area contributed by atoms with Crippen molar-refractivity contribution >= 4 is 39.1 Å². The standard InChI is InChI=1S/C16H15N5O2S/c1-20-5-3-14(19-20)21-6-2-11(16(21)23)18-15(22)12-8-13-10(9-17-12)4-7-24-13/h3-5,7-9,11H,2,6H2,1H3,(H,18,22). The highest BCUT2D eigenvalue weighted by molar-refractivity contribution is 7.17. The van der Waals surface area contributed by atoms with Gasteiger partial charge in [-0.15, -0.1) is 11.3 Å². The van der Waals surface area contributed by atoms with Gasteiger partial charge in [0.15, 0.2) is 5.82 Å². The highest BCUT2D eigenvalue weighted by Crippen LogP contribution is 2.22. The number of pyridine rings is 1. The van der Waals surface area contributed by atoms with Crippen molar-refractivity contribution in [2.75, 3.05) is 11.4 Å². The van der Waals surface area contributed by atoms with Crippen molar-refractivity contribution in [3.8, 4) is 0 Å². The first-order valence-corrected chi connectivity index (χ1v) is 8.45. The monoisotopic (exact) mass is 341 g/mol. The second-order valence-electron chi connectivity index (χ2n) is 5.68. The zero-order valence-corrected chi connectivity index (χ0v) is 13.8. The molecule has 1 unspecified atom stereocenters. The molecule has 1 atom stereocenters. The normalized spacial score (nSPS) is 17.6. The average molecular weight is 341 g/mol. The van der Waals surface area contributed by atoms with Gasteiger partial charge in [-0.2, -0.15) is 5.10 Å². The van der Waals surface area contributed by atoms with Crippen LogP contribution in [0.2, 0.25) is 0 Å². The third-order valence-electron chi connectivity index (χ3n) is 4.06. The molecule has 1 N–H and O–H groups in total. The summed E-state index contributed by atoms with van der Waals surface area (Å²) >= 11 is 1.56. The van der Waals surface area contributed by atoms with Crippen LogP contribution in [-0.2, 0) is 11.8 Å². The molecule has 3 aromatic heterocycles. The van der Waals surface area contributed by atoms with Crippen LogP contribution in [-0.4, -0.2) is 39.2 Å². The second-order valence-corrected chi connectivity index (χ2v) is 6.63. The smallest absolute Gasteiger partial charge is 0.270 e. The molecule has 7 nitrogen and oxygen atoms in total. The summed E-state index contributed by atoms with van der Waals surface area (Å²) in [5.41, 5.74) is 0.328. The van der Waals surface area contributed by atoms with E-state index in [2.05, 4.69) is 15.4 Å². The molecule has 1 saturated heterocycles. The van der Waals surface area contributed by atoms with Crippen LogP contribution in [0.15, 0.2) is 36.0 Å². The van der Waals surface area contributed by atoms with E-state index in [1.54, 1.807) is 52.5 Å². The van der Waals surface area contributed by atoms with Crippen LogP contribution in [0.4, 0.5) is 5.82 Å². The van der Waals surface area contributed by atoms with E-state index in [1.807, 2.05) is 11.4 Å². The van der Waals surface area contributed by atoms with Crippen molar-refractivity contribution in [1.82, 2.24) is 20.1 Å². The van der Waals surface area contributed by atoms with Gasteiger partial charge in [-0.25, -0.2) is 0 Å². The third kappa shape index (κ3) is 2.54. The molecule has 1 aliphatic rings. The maximum absolute atomic E-state index is 12.5. The van der Waals surface area contributed by atoms with E-state index in [0.29, 0.717) is 24.5 Å². The molecule has 1 fully saturated rings. The summed E-state index contributed by atoms with van der Waals surface area (Å²) in [7, 11) is 1.80. The lowest BCUT2D eigenvalue weighted by Gasteiger charge is -2.14. The molecule has 122 valence electrons. The van der Waals surface area contributed by atoms with Crippen molar-refractivity contribution in [2.24, 2.45) is 7.05 Å². The van der Waals surface area contributed by atoms with E-state index in [4.69, 9.17) is 0 Å². The quantitative estimate of drug-likeness (QED) is 0.784. The number of anilines is 1. The van der Waals surface area contributed by atoms with Crippen LogP contribution < -0.4 is 10.2 Å². The summed E-state index contributed by atoms with van der Waals surface area (Å²) in [4.78, 5) is 30.7. The predicted octanol–water partition coefficient (Wildman–Crippen LogP) is 1.57. The molecule has 8 heteroatoms. The molecule has 0 aromatic carbocycles. The summed E-state index contributed by atoms with van der Waals surface area (Å²) < 4.78 is 2.65. The number of aryl methyl sites for hydroxylation is 1. The van der Waals surface area contributed by atoms with Crippen molar-refractivity contribution in [3.05, 3.63) is 41.7 Å². The zero-order valence-electron chi connectivity index (χ0n) is 13.0. The van der Waals surface area contributed by atoms with Gasteiger partial charge in [0.25, 0.3) is 11.8 Å². The van der Waals surface area contributed by atoms with E-state index in [0.717, 1.165) is 10.1 Å². The van der Waals surface area contributed by atoms with E-state index < -0.39 is 6.04 Å². The van der Waals surface area contributed by atoms with Crippen LogP contribution in [0.25, 0.3) is 10.1 Å². The second kappa shape index (κ2) is 5.72. The fraction of sp³-hybridized carbons (Fsp3) is 0.250. The molecule has 4 heterocycles. The van der Waals surface area contributed by atoms with Crippen LogP contribution in [0.1, 0.15) is 16.9 Å². The number of aromatic nitrogens is 3. The molecule has 0 aliphatic carbocycles. The maximum atomic E-state index is 12.5. The summed E-state index contributed by atoms with van der Waals surface area (Å²) in [6, 6.07) is 4.96. The number of hydrogen-bond acceptors (Lipinski definition) is 5. The van der Waals surface area contributed by atoms with Crippen molar-refractivity contribution in [2.45, 2.75) is 12.5 Å². The first-order valence-electron chi connectivity index (χ1n) is 7.57. The van der Waals surface area contributed by atoms with Crippen molar-refractivity contribution < 1.29 is 9.59 Å². The Morgan fingerprint density at radius 2 is 2.29 bits per heavy atom. The topological polar surface area (TPSA) is 80.1 Å². The SMILES string of the molecule is Cn1ccc(N2CCC(NC(=O)c3cc4sccc4cn3)C2=O)n1. The largest absolute Gasteiger partial charge is 0.339 e. The fourth-order valence-electron chi connectivity index (χ4n) is 2.80. The molecule has 24 heavy (non-hydrogen) atoms. The van der Waals surface area contributed by atoms with Gasteiger partial charge in [0, 0.05) is 42.1 Å². The summed E-state index contributed by atoms with van der Waals surface area (Å²) in [5.74, 6) is 0.142. The Labute approximate surface area is 141 Å². The molecule has 0 saturated carbocycles. The number of carbonyl (C=O) groups excluding carboxylic acids is 2. The zero-order chi connectivity index (χ0) is 16.7.